The normalized spacial score (nSPS) is 24.7. The van der Waals surface area contributed by atoms with E-state index in [0.717, 1.165) is 36.0 Å². The Balaban J connectivity index is 2.31. The fraction of sp³-hybridized carbons (Fsp3) is 0.571. The molecule has 0 amide bonds. The third-order valence-corrected chi connectivity index (χ3v) is 4.41. The van der Waals surface area contributed by atoms with E-state index in [-0.39, 0.29) is 5.82 Å². The molecule has 2 rings (SSSR count). The van der Waals surface area contributed by atoms with Crippen LogP contribution in [0.15, 0.2) is 22.7 Å². The zero-order valence-electron chi connectivity index (χ0n) is 10.7. The van der Waals surface area contributed by atoms with Crippen molar-refractivity contribution in [2.45, 2.75) is 25.8 Å². The number of halogens is 2. The number of likely N-dealkylation sites (tertiary alicyclic amines) is 1. The number of hydrogen-bond donors (Lipinski definition) is 1. The van der Waals surface area contributed by atoms with Crippen LogP contribution in [-0.2, 0) is 0 Å². The van der Waals surface area contributed by atoms with Crippen molar-refractivity contribution in [2.24, 2.45) is 11.7 Å². The lowest BCUT2D eigenvalue weighted by Gasteiger charge is -2.28. The summed E-state index contributed by atoms with van der Waals surface area (Å²) in [5.41, 5.74) is 7.05. The monoisotopic (exact) mass is 314 g/mol. The van der Waals surface area contributed by atoms with E-state index < -0.39 is 0 Å². The molecule has 1 heterocycles. The second-order valence-electron chi connectivity index (χ2n) is 4.93. The van der Waals surface area contributed by atoms with E-state index >= 15 is 0 Å². The topological polar surface area (TPSA) is 29.3 Å². The van der Waals surface area contributed by atoms with Crippen LogP contribution in [0.3, 0.4) is 0 Å². The van der Waals surface area contributed by atoms with Crippen LogP contribution in [0.25, 0.3) is 0 Å². The Hall–Kier alpha value is -0.450. The summed E-state index contributed by atoms with van der Waals surface area (Å²) in [5.74, 6) is 0.272. The largest absolute Gasteiger partial charge is 0.330 e. The summed E-state index contributed by atoms with van der Waals surface area (Å²) < 4.78 is 14.0. The second kappa shape index (κ2) is 6.13. The van der Waals surface area contributed by atoms with Gasteiger partial charge in [-0.25, -0.2) is 4.39 Å². The highest BCUT2D eigenvalue weighted by Crippen LogP contribution is 2.39. The predicted octanol–water partition coefficient (Wildman–Crippen LogP) is 3.32. The van der Waals surface area contributed by atoms with Crippen molar-refractivity contribution >= 4 is 15.9 Å². The fourth-order valence-electron chi connectivity index (χ4n) is 2.90. The molecule has 0 aromatic heterocycles. The van der Waals surface area contributed by atoms with Crippen LogP contribution in [-0.4, -0.2) is 24.5 Å². The molecule has 4 heteroatoms. The molecule has 2 unspecified atom stereocenters. The SMILES string of the molecule is CCCN1CCC(CN)C1c1ccc(F)cc1Br. The zero-order valence-corrected chi connectivity index (χ0v) is 12.3. The Kier molecular flexibility index (Phi) is 4.76. The minimum absolute atomic E-state index is 0.199. The summed E-state index contributed by atoms with van der Waals surface area (Å²) in [4.78, 5) is 2.47. The van der Waals surface area contributed by atoms with Crippen molar-refractivity contribution in [1.82, 2.24) is 4.90 Å². The lowest BCUT2D eigenvalue weighted by molar-refractivity contribution is 0.230. The number of hydrogen-bond acceptors (Lipinski definition) is 2. The van der Waals surface area contributed by atoms with E-state index in [1.54, 1.807) is 6.07 Å². The number of rotatable bonds is 4. The van der Waals surface area contributed by atoms with Crippen LogP contribution in [0.4, 0.5) is 4.39 Å². The summed E-state index contributed by atoms with van der Waals surface area (Å²) in [6.07, 6.45) is 2.26. The lowest BCUT2D eigenvalue weighted by atomic mass is 9.93. The molecule has 2 nitrogen and oxygen atoms in total. The molecule has 1 saturated heterocycles. The molecule has 100 valence electrons. The van der Waals surface area contributed by atoms with Crippen LogP contribution in [0, 0.1) is 11.7 Å². The van der Waals surface area contributed by atoms with Crippen LogP contribution in [0.1, 0.15) is 31.4 Å². The minimum Gasteiger partial charge on any atom is -0.330 e. The van der Waals surface area contributed by atoms with Crippen molar-refractivity contribution in [3.05, 3.63) is 34.1 Å². The molecular weight excluding hydrogens is 295 g/mol. The van der Waals surface area contributed by atoms with Crippen molar-refractivity contribution in [2.75, 3.05) is 19.6 Å². The summed E-state index contributed by atoms with van der Waals surface area (Å²) in [6, 6.07) is 5.30. The van der Waals surface area contributed by atoms with Gasteiger partial charge < -0.3 is 5.73 Å². The van der Waals surface area contributed by atoms with Gasteiger partial charge >= 0.3 is 0 Å². The molecule has 0 spiro atoms. The average molecular weight is 315 g/mol. The van der Waals surface area contributed by atoms with Gasteiger partial charge in [0.05, 0.1) is 0 Å². The zero-order chi connectivity index (χ0) is 13.1. The molecule has 1 aliphatic rings. The molecule has 0 bridgehead atoms. The highest BCUT2D eigenvalue weighted by Gasteiger charge is 2.34. The first-order chi connectivity index (χ1) is 8.67. The highest BCUT2D eigenvalue weighted by molar-refractivity contribution is 9.10. The number of nitrogens with zero attached hydrogens (tertiary/aromatic N) is 1. The first-order valence-corrected chi connectivity index (χ1v) is 7.35. The van der Waals surface area contributed by atoms with Gasteiger partial charge in [-0.2, -0.15) is 0 Å². The highest BCUT2D eigenvalue weighted by atomic mass is 79.9. The summed E-state index contributed by atoms with van der Waals surface area (Å²) >= 11 is 3.48. The third-order valence-electron chi connectivity index (χ3n) is 3.72. The molecule has 0 aliphatic carbocycles. The Morgan fingerprint density at radius 1 is 1.50 bits per heavy atom. The molecule has 0 radical (unpaired) electrons. The molecule has 1 aromatic rings. The number of nitrogens with two attached hydrogens (primary N) is 1. The Morgan fingerprint density at radius 2 is 2.28 bits per heavy atom. The molecule has 0 saturated carbocycles. The first-order valence-electron chi connectivity index (χ1n) is 6.56. The van der Waals surface area contributed by atoms with Crippen LogP contribution in [0.2, 0.25) is 0 Å². The maximum absolute atomic E-state index is 13.2. The maximum atomic E-state index is 13.2. The second-order valence-corrected chi connectivity index (χ2v) is 5.79. The van der Waals surface area contributed by atoms with Crippen LogP contribution in [0.5, 0.6) is 0 Å². The van der Waals surface area contributed by atoms with Gasteiger partial charge in [0.1, 0.15) is 5.82 Å². The van der Waals surface area contributed by atoms with E-state index in [2.05, 4.69) is 27.8 Å². The lowest BCUT2D eigenvalue weighted by Crippen LogP contribution is -2.29. The number of benzene rings is 1. The van der Waals surface area contributed by atoms with Crippen molar-refractivity contribution in [3.8, 4) is 0 Å². The van der Waals surface area contributed by atoms with E-state index in [4.69, 9.17) is 5.73 Å². The first kappa shape index (κ1) is 14.0. The van der Waals surface area contributed by atoms with E-state index in [9.17, 15) is 4.39 Å². The molecule has 1 aliphatic heterocycles. The molecule has 1 fully saturated rings. The quantitative estimate of drug-likeness (QED) is 0.923. The fourth-order valence-corrected chi connectivity index (χ4v) is 3.49. The van der Waals surface area contributed by atoms with E-state index in [1.807, 2.05) is 6.07 Å². The molecule has 2 N–H and O–H groups in total. The van der Waals surface area contributed by atoms with Crippen LogP contribution >= 0.6 is 15.9 Å². The van der Waals surface area contributed by atoms with Crippen molar-refractivity contribution in [1.29, 1.82) is 0 Å². The Morgan fingerprint density at radius 3 is 2.89 bits per heavy atom. The Labute approximate surface area is 116 Å². The van der Waals surface area contributed by atoms with Gasteiger partial charge in [-0.05, 0) is 56.1 Å². The smallest absolute Gasteiger partial charge is 0.124 e. The average Bonchev–Trinajstić information content (AvgIpc) is 2.73. The summed E-state index contributed by atoms with van der Waals surface area (Å²) in [5, 5.41) is 0. The van der Waals surface area contributed by atoms with Crippen molar-refractivity contribution in [3.63, 3.8) is 0 Å². The molecule has 18 heavy (non-hydrogen) atoms. The molecule has 1 aromatic carbocycles. The van der Waals surface area contributed by atoms with E-state index in [1.165, 1.54) is 6.07 Å². The van der Waals surface area contributed by atoms with Gasteiger partial charge in [0, 0.05) is 10.5 Å². The standard InChI is InChI=1S/C14H20BrFN2/c1-2-6-18-7-5-10(9-17)14(18)12-4-3-11(16)8-13(12)15/h3-4,8,10,14H,2,5-7,9,17H2,1H3. The Bertz CT molecular complexity index is 411. The van der Waals surface area contributed by atoms with Gasteiger partial charge in [-0.1, -0.05) is 28.9 Å². The van der Waals surface area contributed by atoms with Gasteiger partial charge in [-0.15, -0.1) is 0 Å². The van der Waals surface area contributed by atoms with Crippen molar-refractivity contribution < 1.29 is 4.39 Å². The predicted molar refractivity (Wildman–Crippen MR) is 75.9 cm³/mol. The van der Waals surface area contributed by atoms with Gasteiger partial charge in [0.25, 0.3) is 0 Å². The summed E-state index contributed by atoms with van der Waals surface area (Å²) in [6.45, 7) is 5.04. The maximum Gasteiger partial charge on any atom is 0.124 e. The van der Waals surface area contributed by atoms with Gasteiger partial charge in [-0.3, -0.25) is 4.90 Å². The van der Waals surface area contributed by atoms with Crippen LogP contribution < -0.4 is 5.73 Å². The minimum atomic E-state index is -0.199. The molecular formula is C14H20BrFN2. The molecule has 2 atom stereocenters. The van der Waals surface area contributed by atoms with Gasteiger partial charge in [0.2, 0.25) is 0 Å². The third kappa shape index (κ3) is 2.76. The summed E-state index contributed by atoms with van der Waals surface area (Å²) in [7, 11) is 0. The van der Waals surface area contributed by atoms with E-state index in [0.29, 0.717) is 18.5 Å². The van der Waals surface area contributed by atoms with Gasteiger partial charge in [0.15, 0.2) is 0 Å².